The largest absolute Gasteiger partial charge is 0.473 e. The van der Waals surface area contributed by atoms with Crippen molar-refractivity contribution in [1.82, 2.24) is 4.57 Å². The van der Waals surface area contributed by atoms with E-state index in [1.165, 1.54) is 19.1 Å². The van der Waals surface area contributed by atoms with Crippen LogP contribution in [-0.2, 0) is 46.5 Å². The van der Waals surface area contributed by atoms with E-state index in [9.17, 15) is 29.4 Å². The number of benzene rings is 1. The van der Waals surface area contributed by atoms with E-state index >= 15 is 8.78 Å². The van der Waals surface area contributed by atoms with Crippen LogP contribution in [0, 0.1) is 22.7 Å². The summed E-state index contributed by atoms with van der Waals surface area (Å²) in [5.74, 6) is -6.78. The molecule has 1 saturated heterocycles. The van der Waals surface area contributed by atoms with E-state index in [0.29, 0.717) is 23.4 Å². The third-order valence-corrected chi connectivity index (χ3v) is 12.1. The topological polar surface area (TPSA) is 188 Å². The van der Waals surface area contributed by atoms with Gasteiger partial charge in [-0.2, -0.15) is 0 Å². The molecule has 3 saturated carbocycles. The molecule has 0 bridgehead atoms. The Labute approximate surface area is 285 Å². The van der Waals surface area contributed by atoms with Gasteiger partial charge in [-0.15, -0.1) is 0 Å². The predicted molar refractivity (Wildman–Crippen MR) is 169 cm³/mol. The number of nitrogens with zero attached hydrogens (tertiary/aromatic N) is 1. The van der Waals surface area contributed by atoms with Crippen LogP contribution in [0.1, 0.15) is 56.1 Å². The van der Waals surface area contributed by atoms with Crippen molar-refractivity contribution in [2.24, 2.45) is 22.7 Å². The Morgan fingerprint density at radius 2 is 1.92 bits per heavy atom. The van der Waals surface area contributed by atoms with Gasteiger partial charge in [-0.25, -0.2) is 18.4 Å². The highest BCUT2D eigenvalue weighted by molar-refractivity contribution is 6.28. The SMILES string of the molecule is C[C@]12C=CC(=O)C=C1[C@@H](F)C[C@H]1[C@@H]3C[C@H]4O[C@@H](c5ccn(Cc6ccc(CO)c(N)c6)c5)O[C@@]4(C(=O)COC(=O)C(=O)O)[C@@]3(C)C[C@H](O)[C@@]12F. The van der Waals surface area contributed by atoms with E-state index in [4.69, 9.17) is 25.1 Å². The molecule has 1 aromatic carbocycles. The molecule has 7 rings (SSSR count). The minimum absolute atomic E-state index is 0.0242. The second-order valence-electron chi connectivity index (χ2n) is 14.5. The summed E-state index contributed by atoms with van der Waals surface area (Å²) in [5, 5.41) is 30.3. The highest BCUT2D eigenvalue weighted by Crippen LogP contribution is 2.72. The molecule has 0 spiro atoms. The molecular weight excluding hydrogens is 658 g/mol. The Morgan fingerprint density at radius 1 is 1.16 bits per heavy atom. The molecule has 12 nitrogen and oxygen atoms in total. The summed E-state index contributed by atoms with van der Waals surface area (Å²) in [4.78, 5) is 49.5. The van der Waals surface area contributed by atoms with Crippen molar-refractivity contribution < 1.29 is 57.5 Å². The van der Waals surface area contributed by atoms with E-state index in [1.807, 2.05) is 10.6 Å². The maximum absolute atomic E-state index is 17.7. The second kappa shape index (κ2) is 11.7. The third-order valence-electron chi connectivity index (χ3n) is 12.1. The van der Waals surface area contributed by atoms with E-state index in [-0.39, 0.29) is 31.4 Å². The number of Topliss-reactive ketones (excluding diaryl/α,β-unsaturated/α-hetero) is 1. The van der Waals surface area contributed by atoms with Crippen LogP contribution in [0.2, 0.25) is 0 Å². The minimum atomic E-state index is -2.42. The van der Waals surface area contributed by atoms with Crippen LogP contribution < -0.4 is 5.73 Å². The smallest absolute Gasteiger partial charge is 0.417 e. The summed E-state index contributed by atoms with van der Waals surface area (Å²) in [6.07, 6.45) is 0.784. The number of nitrogen functional groups attached to an aromatic ring is 1. The lowest BCUT2D eigenvalue weighted by molar-refractivity contribution is -0.235. The van der Waals surface area contributed by atoms with Crippen LogP contribution in [0.15, 0.2) is 60.5 Å². The highest BCUT2D eigenvalue weighted by Gasteiger charge is 2.80. The number of aliphatic hydroxyl groups is 2. The summed E-state index contributed by atoms with van der Waals surface area (Å²) in [6.45, 7) is 2.33. The van der Waals surface area contributed by atoms with Crippen LogP contribution in [0.4, 0.5) is 14.5 Å². The van der Waals surface area contributed by atoms with Crippen molar-refractivity contribution in [3.05, 3.63) is 77.2 Å². The lowest BCUT2D eigenvalue weighted by Gasteiger charge is -2.63. The standard InChI is InChI=1S/C36H38F2N2O10/c1-33-7-5-21(42)10-24(33)25(37)11-23-22-12-29-36(28(44)17-48-31(47)30(45)46,34(22,2)13-27(43)35(23,33)38)50-32(49-29)19-6-8-40(15-19)14-18-3-4-20(16-41)26(39)9-18/h3-10,15,22-23,25,27,29,32,41,43H,11-14,16-17,39H2,1-2H3,(H,45,46)/t22-,23-,25-,27-,29+,32+,33-,34-,35-,36+/m0/s1. The van der Waals surface area contributed by atoms with Crippen LogP contribution in [0.5, 0.6) is 0 Å². The number of esters is 1. The van der Waals surface area contributed by atoms with Gasteiger partial charge in [0.2, 0.25) is 5.78 Å². The number of aliphatic hydroxyl groups excluding tert-OH is 2. The maximum Gasteiger partial charge on any atom is 0.417 e. The van der Waals surface area contributed by atoms with E-state index in [0.717, 1.165) is 11.6 Å². The average molecular weight is 697 g/mol. The number of ether oxygens (including phenoxy) is 3. The van der Waals surface area contributed by atoms with E-state index in [1.54, 1.807) is 37.5 Å². The molecule has 0 radical (unpaired) electrons. The molecule has 5 N–H and O–H groups in total. The van der Waals surface area contributed by atoms with Gasteiger partial charge in [0, 0.05) is 52.5 Å². The number of aromatic nitrogens is 1. The fraction of sp³-hybridized carbons (Fsp3) is 0.500. The molecule has 1 aliphatic heterocycles. The number of carboxylic acids is 1. The molecule has 10 atom stereocenters. The van der Waals surface area contributed by atoms with Crippen molar-refractivity contribution >= 4 is 29.2 Å². The van der Waals surface area contributed by atoms with Crippen LogP contribution in [0.3, 0.4) is 0 Å². The number of carboxylic acid groups (broad SMARTS) is 1. The number of nitrogens with two attached hydrogens (primary N) is 1. The molecule has 0 unspecified atom stereocenters. The van der Waals surface area contributed by atoms with Gasteiger partial charge in [-0.1, -0.05) is 25.1 Å². The van der Waals surface area contributed by atoms with E-state index in [2.05, 4.69) is 0 Å². The lowest BCUT2D eigenvalue weighted by atomic mass is 9.44. The molecule has 5 aliphatic rings. The van der Waals surface area contributed by atoms with Gasteiger partial charge in [-0.3, -0.25) is 9.59 Å². The fourth-order valence-electron chi connectivity index (χ4n) is 9.69. The normalized spacial score (nSPS) is 38.4. The van der Waals surface area contributed by atoms with Crippen molar-refractivity contribution in [1.29, 1.82) is 0 Å². The zero-order valence-electron chi connectivity index (χ0n) is 27.4. The Morgan fingerprint density at radius 3 is 2.62 bits per heavy atom. The molecule has 14 heteroatoms. The summed E-state index contributed by atoms with van der Waals surface area (Å²) < 4.78 is 53.3. The molecule has 0 amide bonds. The van der Waals surface area contributed by atoms with Gasteiger partial charge in [0.1, 0.15) is 6.17 Å². The third kappa shape index (κ3) is 4.68. The number of aliphatic carboxylic acids is 1. The number of anilines is 1. The Bertz CT molecular complexity index is 1860. The van der Waals surface area contributed by atoms with Gasteiger partial charge in [-0.05, 0) is 67.5 Å². The molecular formula is C36H38F2N2O10. The number of carbonyl (C=O) groups excluding carboxylic acids is 3. The predicted octanol–water partition coefficient (Wildman–Crippen LogP) is 2.89. The van der Waals surface area contributed by atoms with Gasteiger partial charge in [0.15, 0.2) is 29.9 Å². The number of carbonyl (C=O) groups is 4. The second-order valence-corrected chi connectivity index (χ2v) is 14.5. The number of rotatable bonds is 7. The summed E-state index contributed by atoms with van der Waals surface area (Å²) in [6, 6.07) is 7.03. The molecule has 4 fully saturated rings. The number of hydrogen-bond acceptors (Lipinski definition) is 10. The Balaban J connectivity index is 1.23. The molecule has 1 aromatic heterocycles. The first-order valence-electron chi connectivity index (χ1n) is 16.5. The molecule has 2 heterocycles. The van der Waals surface area contributed by atoms with Gasteiger partial charge < -0.3 is 39.8 Å². The van der Waals surface area contributed by atoms with E-state index < -0.39 is 88.7 Å². The van der Waals surface area contributed by atoms with Gasteiger partial charge in [0.25, 0.3) is 0 Å². The molecule has 50 heavy (non-hydrogen) atoms. The number of hydrogen-bond donors (Lipinski definition) is 4. The van der Waals surface area contributed by atoms with Crippen molar-refractivity contribution in [2.75, 3.05) is 12.3 Å². The first-order chi connectivity index (χ1) is 23.6. The van der Waals surface area contributed by atoms with Crippen LogP contribution in [-0.4, -0.2) is 79.6 Å². The van der Waals surface area contributed by atoms with Crippen LogP contribution in [0.25, 0.3) is 0 Å². The zero-order valence-corrected chi connectivity index (χ0v) is 27.4. The number of halogens is 2. The van der Waals surface area contributed by atoms with Crippen molar-refractivity contribution in [3.63, 3.8) is 0 Å². The number of allylic oxidation sites excluding steroid dienone is 4. The Hall–Kier alpha value is -4.24. The minimum Gasteiger partial charge on any atom is -0.473 e. The number of ketones is 2. The first kappa shape index (κ1) is 34.2. The molecule has 4 aliphatic carbocycles. The molecule has 2 aromatic rings. The molecule has 266 valence electrons. The average Bonchev–Trinajstić information content (AvgIpc) is 3.75. The zero-order chi connectivity index (χ0) is 36.0. The van der Waals surface area contributed by atoms with Gasteiger partial charge in [0.05, 0.1) is 18.8 Å². The first-order valence-corrected chi connectivity index (χ1v) is 16.5. The number of fused-ring (bicyclic) bond motifs is 7. The van der Waals surface area contributed by atoms with Crippen LogP contribution >= 0.6 is 0 Å². The summed E-state index contributed by atoms with van der Waals surface area (Å²) in [5.41, 5.74) is 1.01. The maximum atomic E-state index is 17.7. The number of alkyl halides is 2. The fourth-order valence-corrected chi connectivity index (χ4v) is 9.69. The summed E-state index contributed by atoms with van der Waals surface area (Å²) >= 11 is 0. The summed E-state index contributed by atoms with van der Waals surface area (Å²) in [7, 11) is 0. The quantitative estimate of drug-likeness (QED) is 0.189. The highest BCUT2D eigenvalue weighted by atomic mass is 19.1. The van der Waals surface area contributed by atoms with Crippen molar-refractivity contribution in [2.45, 2.75) is 82.2 Å². The van der Waals surface area contributed by atoms with Crippen molar-refractivity contribution in [3.8, 4) is 0 Å². The lowest BCUT2D eigenvalue weighted by Crippen LogP contribution is -2.70. The Kier molecular flexibility index (Phi) is 7.98. The van der Waals surface area contributed by atoms with Gasteiger partial charge >= 0.3 is 11.9 Å². The monoisotopic (exact) mass is 696 g/mol.